The molecule has 0 saturated heterocycles. The number of carbonyl (C=O) groups excluding carboxylic acids is 2. The van der Waals surface area contributed by atoms with E-state index >= 15 is 0 Å². The van der Waals surface area contributed by atoms with Crippen molar-refractivity contribution in [1.29, 1.82) is 0 Å². The van der Waals surface area contributed by atoms with Crippen molar-refractivity contribution in [2.75, 3.05) is 18.6 Å². The maximum absolute atomic E-state index is 13.1. The summed E-state index contributed by atoms with van der Waals surface area (Å²) in [4.78, 5) is 31.0. The van der Waals surface area contributed by atoms with E-state index in [0.29, 0.717) is 11.7 Å². The van der Waals surface area contributed by atoms with Crippen LogP contribution in [-0.2, 0) is 9.59 Å². The highest BCUT2D eigenvalue weighted by atomic mass is 32.1. The first-order valence-electron chi connectivity index (χ1n) is 9.08. The van der Waals surface area contributed by atoms with Crippen LogP contribution in [0.5, 0.6) is 5.75 Å². The highest BCUT2D eigenvalue weighted by Crippen LogP contribution is 2.30. The minimum atomic E-state index is -0.417. The number of nitrogens with zero attached hydrogens (tertiary/aromatic N) is 2. The smallest absolute Gasteiger partial charge is 0.231 e. The minimum Gasteiger partial charge on any atom is -0.497 e. The fourth-order valence-electron chi connectivity index (χ4n) is 3.01. The molecular weight excluding hydrogens is 374 g/mol. The third kappa shape index (κ3) is 4.48. The maximum Gasteiger partial charge on any atom is 0.231 e. The quantitative estimate of drug-likeness (QED) is 0.656. The van der Waals surface area contributed by atoms with Crippen LogP contribution in [0.15, 0.2) is 48.5 Å². The van der Waals surface area contributed by atoms with E-state index in [0.717, 1.165) is 21.5 Å². The zero-order valence-electron chi connectivity index (χ0n) is 16.1. The SMILES string of the molecule is CCN(C(=O)CC(NC(C)=O)c1ccc(OC)cc1)c1nc2ccccc2s1. The van der Waals surface area contributed by atoms with Gasteiger partial charge in [-0.15, -0.1) is 0 Å². The molecule has 0 saturated carbocycles. The van der Waals surface area contributed by atoms with Gasteiger partial charge in [0.25, 0.3) is 0 Å². The molecular formula is C21H23N3O3S. The molecule has 1 heterocycles. The Morgan fingerprint density at radius 3 is 2.50 bits per heavy atom. The van der Waals surface area contributed by atoms with Gasteiger partial charge in [0, 0.05) is 13.5 Å². The Morgan fingerprint density at radius 2 is 1.89 bits per heavy atom. The highest BCUT2D eigenvalue weighted by Gasteiger charge is 2.23. The molecule has 0 radical (unpaired) electrons. The zero-order valence-corrected chi connectivity index (χ0v) is 17.0. The lowest BCUT2D eigenvalue weighted by Crippen LogP contribution is -2.35. The van der Waals surface area contributed by atoms with Crippen molar-refractivity contribution >= 4 is 38.5 Å². The Labute approximate surface area is 168 Å². The van der Waals surface area contributed by atoms with Gasteiger partial charge < -0.3 is 10.1 Å². The van der Waals surface area contributed by atoms with Crippen molar-refractivity contribution in [3.8, 4) is 5.75 Å². The molecule has 1 atom stereocenters. The fourth-order valence-corrected chi connectivity index (χ4v) is 4.06. The Kier molecular flexibility index (Phi) is 6.26. The number of methoxy groups -OCH3 is 1. The number of amides is 2. The van der Waals surface area contributed by atoms with Crippen LogP contribution in [0.4, 0.5) is 5.13 Å². The monoisotopic (exact) mass is 397 g/mol. The first-order valence-corrected chi connectivity index (χ1v) is 9.90. The summed E-state index contributed by atoms with van der Waals surface area (Å²) in [6.45, 7) is 3.88. The number of anilines is 1. The number of aromatic nitrogens is 1. The normalized spacial score (nSPS) is 11.8. The van der Waals surface area contributed by atoms with Crippen LogP contribution in [0.1, 0.15) is 31.9 Å². The van der Waals surface area contributed by atoms with E-state index in [1.807, 2.05) is 55.5 Å². The zero-order chi connectivity index (χ0) is 20.1. The molecule has 3 aromatic rings. The van der Waals surface area contributed by atoms with Gasteiger partial charge in [-0.3, -0.25) is 14.5 Å². The number of ether oxygens (including phenoxy) is 1. The molecule has 1 N–H and O–H groups in total. The topological polar surface area (TPSA) is 71.5 Å². The summed E-state index contributed by atoms with van der Waals surface area (Å²) >= 11 is 1.49. The number of carbonyl (C=O) groups is 2. The summed E-state index contributed by atoms with van der Waals surface area (Å²) in [7, 11) is 1.60. The number of benzene rings is 2. The van der Waals surface area contributed by atoms with Crippen molar-refractivity contribution in [3.63, 3.8) is 0 Å². The molecule has 3 rings (SSSR count). The fraction of sp³-hybridized carbons (Fsp3) is 0.286. The number of rotatable bonds is 7. The van der Waals surface area contributed by atoms with Crippen molar-refractivity contribution in [3.05, 3.63) is 54.1 Å². The second-order valence-electron chi connectivity index (χ2n) is 6.33. The van der Waals surface area contributed by atoms with Crippen LogP contribution in [0.2, 0.25) is 0 Å². The summed E-state index contributed by atoms with van der Waals surface area (Å²) in [5, 5.41) is 3.55. The van der Waals surface area contributed by atoms with E-state index in [1.165, 1.54) is 18.3 Å². The Hall–Kier alpha value is -2.93. The second kappa shape index (κ2) is 8.84. The van der Waals surface area contributed by atoms with Crippen LogP contribution in [0.25, 0.3) is 10.2 Å². The van der Waals surface area contributed by atoms with E-state index in [9.17, 15) is 9.59 Å². The number of para-hydroxylation sites is 1. The van der Waals surface area contributed by atoms with Gasteiger partial charge >= 0.3 is 0 Å². The van der Waals surface area contributed by atoms with Crippen molar-refractivity contribution in [2.45, 2.75) is 26.3 Å². The van der Waals surface area contributed by atoms with Crippen LogP contribution < -0.4 is 15.0 Å². The molecule has 0 fully saturated rings. The van der Waals surface area contributed by atoms with E-state index < -0.39 is 6.04 Å². The molecule has 0 aliphatic carbocycles. The van der Waals surface area contributed by atoms with Crippen LogP contribution in [0.3, 0.4) is 0 Å². The first-order chi connectivity index (χ1) is 13.5. The van der Waals surface area contributed by atoms with Crippen LogP contribution in [0, 0.1) is 0 Å². The number of thiazole rings is 1. The first kappa shape index (κ1) is 19.8. The highest BCUT2D eigenvalue weighted by molar-refractivity contribution is 7.22. The lowest BCUT2D eigenvalue weighted by molar-refractivity contribution is -0.121. The summed E-state index contributed by atoms with van der Waals surface area (Å²) in [6, 6.07) is 14.8. The van der Waals surface area contributed by atoms with Gasteiger partial charge in [-0.25, -0.2) is 4.98 Å². The molecule has 1 unspecified atom stereocenters. The molecule has 146 valence electrons. The van der Waals surface area contributed by atoms with Gasteiger partial charge in [0.1, 0.15) is 5.75 Å². The van der Waals surface area contributed by atoms with Gasteiger partial charge in [-0.1, -0.05) is 35.6 Å². The molecule has 28 heavy (non-hydrogen) atoms. The Balaban J connectivity index is 1.83. The van der Waals surface area contributed by atoms with E-state index in [4.69, 9.17) is 4.74 Å². The number of hydrogen-bond acceptors (Lipinski definition) is 5. The van der Waals surface area contributed by atoms with Crippen molar-refractivity contribution in [1.82, 2.24) is 10.3 Å². The van der Waals surface area contributed by atoms with Gasteiger partial charge in [-0.05, 0) is 36.8 Å². The second-order valence-corrected chi connectivity index (χ2v) is 7.34. The number of nitrogens with one attached hydrogen (secondary N) is 1. The number of fused-ring (bicyclic) bond motifs is 1. The third-order valence-electron chi connectivity index (χ3n) is 4.41. The van der Waals surface area contributed by atoms with Crippen molar-refractivity contribution in [2.24, 2.45) is 0 Å². The summed E-state index contributed by atoms with van der Waals surface area (Å²) in [5.41, 5.74) is 1.73. The maximum atomic E-state index is 13.1. The van der Waals surface area contributed by atoms with Gasteiger partial charge in [0.15, 0.2) is 5.13 Å². The van der Waals surface area contributed by atoms with E-state index in [1.54, 1.807) is 12.0 Å². The van der Waals surface area contributed by atoms with Gasteiger partial charge in [0.2, 0.25) is 11.8 Å². The molecule has 0 aliphatic rings. The lowest BCUT2D eigenvalue weighted by Gasteiger charge is -2.23. The third-order valence-corrected chi connectivity index (χ3v) is 5.46. The Morgan fingerprint density at radius 1 is 1.18 bits per heavy atom. The summed E-state index contributed by atoms with van der Waals surface area (Å²) in [5.74, 6) is 0.453. The number of hydrogen-bond donors (Lipinski definition) is 1. The van der Waals surface area contributed by atoms with Crippen molar-refractivity contribution < 1.29 is 14.3 Å². The Bertz CT molecular complexity index is 935. The lowest BCUT2D eigenvalue weighted by atomic mass is 10.0. The molecule has 0 bridgehead atoms. The van der Waals surface area contributed by atoms with Gasteiger partial charge in [-0.2, -0.15) is 0 Å². The molecule has 1 aromatic heterocycles. The van der Waals surface area contributed by atoms with Gasteiger partial charge in [0.05, 0.1) is 29.8 Å². The molecule has 6 nitrogen and oxygen atoms in total. The summed E-state index contributed by atoms with van der Waals surface area (Å²) in [6.07, 6.45) is 0.148. The molecule has 0 aliphatic heterocycles. The molecule has 2 aromatic carbocycles. The average Bonchev–Trinajstić information content (AvgIpc) is 3.11. The predicted molar refractivity (Wildman–Crippen MR) is 112 cm³/mol. The standard InChI is InChI=1S/C21H23N3O3S/c1-4-24(21-23-17-7-5-6-8-19(17)28-21)20(26)13-18(22-14(2)25)15-9-11-16(27-3)12-10-15/h5-12,18H,4,13H2,1-3H3,(H,22,25). The van der Waals surface area contributed by atoms with E-state index in [2.05, 4.69) is 10.3 Å². The average molecular weight is 398 g/mol. The van der Waals surface area contributed by atoms with Crippen LogP contribution >= 0.6 is 11.3 Å². The molecule has 7 heteroatoms. The molecule has 2 amide bonds. The summed E-state index contributed by atoms with van der Waals surface area (Å²) < 4.78 is 6.22. The predicted octanol–water partition coefficient (Wildman–Crippen LogP) is 3.93. The largest absolute Gasteiger partial charge is 0.497 e. The van der Waals surface area contributed by atoms with E-state index in [-0.39, 0.29) is 18.2 Å². The molecule has 0 spiro atoms. The van der Waals surface area contributed by atoms with Crippen LogP contribution in [-0.4, -0.2) is 30.5 Å². The minimum absolute atomic E-state index is 0.0869.